The number of nitrogens with zero attached hydrogens (tertiary/aromatic N) is 2. The van der Waals surface area contributed by atoms with E-state index in [-0.39, 0.29) is 67.0 Å². The number of carboxylic acids is 1. The number of halogens is 4. The van der Waals surface area contributed by atoms with Crippen LogP contribution < -0.4 is 20.4 Å². The van der Waals surface area contributed by atoms with Crippen molar-refractivity contribution in [3.05, 3.63) is 45.3 Å². The Bertz CT molecular complexity index is 1230. The van der Waals surface area contributed by atoms with Crippen LogP contribution in [-0.2, 0) is 0 Å². The Labute approximate surface area is 199 Å². The van der Waals surface area contributed by atoms with Gasteiger partial charge in [0.15, 0.2) is 11.6 Å². The molecule has 2 N–H and O–H groups in total. The maximum Gasteiger partial charge on any atom is 0.387 e. The third kappa shape index (κ3) is 5.14. The molecule has 1 aromatic heterocycles. The summed E-state index contributed by atoms with van der Waals surface area (Å²) in [7, 11) is 0. The van der Waals surface area contributed by atoms with Crippen LogP contribution in [0.15, 0.2) is 28.5 Å². The second-order valence-corrected chi connectivity index (χ2v) is 9.16. The Morgan fingerprint density at radius 2 is 1.91 bits per heavy atom. The molecule has 0 amide bonds. The van der Waals surface area contributed by atoms with Gasteiger partial charge in [-0.25, -0.2) is 13.6 Å². The van der Waals surface area contributed by atoms with Crippen LogP contribution in [-0.4, -0.2) is 47.9 Å². The fraction of sp³-hybridized carbons (Fsp3) is 0.500. The van der Waals surface area contributed by atoms with E-state index in [1.165, 1.54) is 9.47 Å². The molecule has 7 nitrogen and oxygen atoms in total. The van der Waals surface area contributed by atoms with Crippen molar-refractivity contribution >= 4 is 22.6 Å². The lowest BCUT2D eigenvalue weighted by Gasteiger charge is -2.33. The number of benzene rings is 1. The van der Waals surface area contributed by atoms with Crippen molar-refractivity contribution in [1.29, 1.82) is 0 Å². The van der Waals surface area contributed by atoms with E-state index in [1.807, 2.05) is 13.8 Å². The molecule has 1 aliphatic heterocycles. The van der Waals surface area contributed by atoms with Crippen molar-refractivity contribution in [2.24, 2.45) is 0 Å². The third-order valence-electron chi connectivity index (χ3n) is 6.31. The molecule has 0 bridgehead atoms. The summed E-state index contributed by atoms with van der Waals surface area (Å²) in [6, 6.07) is 0.774. The number of anilines is 1. The Kier molecular flexibility index (Phi) is 7.07. The van der Waals surface area contributed by atoms with Crippen molar-refractivity contribution in [3.8, 4) is 5.75 Å². The van der Waals surface area contributed by atoms with Crippen LogP contribution in [0.4, 0.5) is 23.2 Å². The summed E-state index contributed by atoms with van der Waals surface area (Å²) < 4.78 is 63.1. The Hall–Kier alpha value is -3.08. The quantitative estimate of drug-likeness (QED) is 0.519. The highest BCUT2D eigenvalue weighted by Crippen LogP contribution is 2.45. The first-order valence-corrected chi connectivity index (χ1v) is 11.5. The van der Waals surface area contributed by atoms with Gasteiger partial charge in [-0.2, -0.15) is 8.78 Å². The summed E-state index contributed by atoms with van der Waals surface area (Å²) in [6.07, 6.45) is 2.95. The topological polar surface area (TPSA) is 83.8 Å². The summed E-state index contributed by atoms with van der Waals surface area (Å²) in [5.41, 5.74) is -1.27. The molecule has 2 heterocycles. The van der Waals surface area contributed by atoms with Gasteiger partial charge in [-0.3, -0.25) is 4.79 Å². The second kappa shape index (κ2) is 9.88. The van der Waals surface area contributed by atoms with Crippen molar-refractivity contribution in [2.45, 2.75) is 58.2 Å². The highest BCUT2D eigenvalue weighted by atomic mass is 19.3. The lowest BCUT2D eigenvalue weighted by atomic mass is 10.0. The van der Waals surface area contributed by atoms with Crippen molar-refractivity contribution in [2.75, 3.05) is 24.5 Å². The fourth-order valence-electron chi connectivity index (χ4n) is 4.42. The molecule has 1 aromatic carbocycles. The van der Waals surface area contributed by atoms with Gasteiger partial charge in [-0.05, 0) is 37.3 Å². The number of carbonyl (C=O) groups is 1. The molecule has 2 aliphatic rings. The molecular weight excluding hydrogens is 470 g/mol. The number of rotatable bonds is 8. The van der Waals surface area contributed by atoms with Crippen molar-refractivity contribution in [1.82, 2.24) is 9.88 Å². The highest BCUT2D eigenvalue weighted by Gasteiger charge is 2.33. The molecule has 1 saturated carbocycles. The van der Waals surface area contributed by atoms with Gasteiger partial charge in [0.2, 0.25) is 5.43 Å². The molecule has 1 aliphatic carbocycles. The number of hydrogen-bond acceptors (Lipinski definition) is 5. The van der Waals surface area contributed by atoms with Gasteiger partial charge in [0, 0.05) is 37.9 Å². The van der Waals surface area contributed by atoms with Crippen molar-refractivity contribution < 1.29 is 32.2 Å². The molecule has 0 atom stereocenters. The molecule has 2 fully saturated rings. The van der Waals surface area contributed by atoms with E-state index in [0.717, 1.165) is 12.3 Å². The van der Waals surface area contributed by atoms with Crippen LogP contribution in [0.1, 0.15) is 55.9 Å². The maximum atomic E-state index is 15.4. The summed E-state index contributed by atoms with van der Waals surface area (Å²) in [6.45, 7) is 0.889. The van der Waals surface area contributed by atoms with Crippen LogP contribution in [0.3, 0.4) is 0 Å². The van der Waals surface area contributed by atoms with Gasteiger partial charge in [-0.1, -0.05) is 13.8 Å². The minimum Gasteiger partial charge on any atom is -0.477 e. The maximum absolute atomic E-state index is 15.4. The number of fused-ring (bicyclic) bond motifs is 1. The number of carboxylic acid groups (broad SMARTS) is 1. The summed E-state index contributed by atoms with van der Waals surface area (Å²) in [4.78, 5) is 25.9. The Balaban J connectivity index is 1.80. The number of nitrogens with one attached hydrogen (secondary N) is 1. The number of aromatic nitrogens is 1. The lowest BCUT2D eigenvalue weighted by Crippen LogP contribution is -2.33. The Morgan fingerprint density at radius 3 is 2.46 bits per heavy atom. The molecule has 190 valence electrons. The SMILES string of the molecule is CC(C)NCC(F)=C1CCN(c2c(F)cc3c(=O)c(C(=O)O)cn(C4CC4)c3c2OC(F)F)CC1. The van der Waals surface area contributed by atoms with Crippen LogP contribution in [0, 0.1) is 5.82 Å². The summed E-state index contributed by atoms with van der Waals surface area (Å²) in [5.74, 6) is -3.27. The zero-order chi connectivity index (χ0) is 25.4. The molecule has 11 heteroatoms. The van der Waals surface area contributed by atoms with Crippen molar-refractivity contribution in [3.63, 3.8) is 0 Å². The third-order valence-corrected chi connectivity index (χ3v) is 6.31. The number of pyridine rings is 1. The molecular formula is C24H27F4N3O4. The molecule has 1 saturated heterocycles. The molecule has 4 rings (SSSR count). The predicted octanol–water partition coefficient (Wildman–Crippen LogP) is 4.60. The van der Waals surface area contributed by atoms with E-state index < -0.39 is 35.1 Å². The highest BCUT2D eigenvalue weighted by molar-refractivity contribution is 5.97. The Morgan fingerprint density at radius 1 is 1.26 bits per heavy atom. The number of alkyl halides is 2. The first-order valence-electron chi connectivity index (χ1n) is 11.5. The van der Waals surface area contributed by atoms with Gasteiger partial charge in [-0.15, -0.1) is 0 Å². The second-order valence-electron chi connectivity index (χ2n) is 9.16. The van der Waals surface area contributed by atoms with E-state index >= 15 is 4.39 Å². The smallest absolute Gasteiger partial charge is 0.387 e. The number of ether oxygens (including phenoxy) is 1. The summed E-state index contributed by atoms with van der Waals surface area (Å²) >= 11 is 0. The summed E-state index contributed by atoms with van der Waals surface area (Å²) in [5, 5.41) is 12.1. The van der Waals surface area contributed by atoms with Gasteiger partial charge in [0.1, 0.15) is 17.1 Å². The standard InChI is InChI=1S/C24H27F4N3O4/c1-12(2)29-10-18(26)13-5-7-30(8-6-13)20-17(25)9-15-19(22(20)35-24(27)28)31(14-3-4-14)11-16(21(15)32)23(33)34/h9,11-12,14,24,29H,3-8,10H2,1-2H3,(H,33,34). The minimum atomic E-state index is -3.31. The number of hydrogen-bond donors (Lipinski definition) is 2. The van der Waals surface area contributed by atoms with E-state index in [9.17, 15) is 27.9 Å². The molecule has 35 heavy (non-hydrogen) atoms. The van der Waals surface area contributed by atoms with Gasteiger partial charge in [0.25, 0.3) is 0 Å². The lowest BCUT2D eigenvalue weighted by molar-refractivity contribution is -0.0488. The zero-order valence-corrected chi connectivity index (χ0v) is 19.4. The van der Waals surface area contributed by atoms with E-state index in [2.05, 4.69) is 5.32 Å². The molecule has 0 spiro atoms. The predicted molar refractivity (Wildman–Crippen MR) is 123 cm³/mol. The number of piperidine rings is 1. The average Bonchev–Trinajstić information content (AvgIpc) is 3.63. The molecule has 0 unspecified atom stereocenters. The van der Waals surface area contributed by atoms with Gasteiger partial charge in [0.05, 0.1) is 10.9 Å². The molecule has 2 aromatic rings. The normalized spacial score (nSPS) is 16.5. The van der Waals surface area contributed by atoms with Crippen LogP contribution in [0.5, 0.6) is 5.75 Å². The number of aromatic carboxylic acids is 1. The van der Waals surface area contributed by atoms with E-state index in [0.29, 0.717) is 18.4 Å². The van der Waals surface area contributed by atoms with Crippen LogP contribution >= 0.6 is 0 Å². The fourth-order valence-corrected chi connectivity index (χ4v) is 4.42. The largest absolute Gasteiger partial charge is 0.477 e. The monoisotopic (exact) mass is 497 g/mol. The average molecular weight is 497 g/mol. The first-order chi connectivity index (χ1) is 16.6. The van der Waals surface area contributed by atoms with Gasteiger partial charge >= 0.3 is 12.6 Å². The van der Waals surface area contributed by atoms with Gasteiger partial charge < -0.3 is 24.6 Å². The minimum absolute atomic E-state index is 0.0622. The van der Waals surface area contributed by atoms with Crippen LogP contribution in [0.2, 0.25) is 0 Å². The van der Waals surface area contributed by atoms with E-state index in [4.69, 9.17) is 4.74 Å². The zero-order valence-electron chi connectivity index (χ0n) is 19.4. The van der Waals surface area contributed by atoms with E-state index in [1.54, 1.807) is 0 Å². The first kappa shape index (κ1) is 25.0. The van der Waals surface area contributed by atoms with Crippen LogP contribution in [0.25, 0.3) is 10.9 Å². The molecule has 0 radical (unpaired) electrons.